The third-order valence-corrected chi connectivity index (χ3v) is 2.76. The number of aryl methyl sites for hydroxylation is 2. The first-order chi connectivity index (χ1) is 6.68. The summed E-state index contributed by atoms with van der Waals surface area (Å²) in [7, 11) is 0. The lowest BCUT2D eigenvalue weighted by Gasteiger charge is -2.20. The van der Waals surface area contributed by atoms with Crippen molar-refractivity contribution in [1.29, 1.82) is 5.41 Å². The van der Waals surface area contributed by atoms with Crippen molar-refractivity contribution in [1.82, 2.24) is 0 Å². The number of rotatable bonds is 1. The Morgan fingerprint density at radius 3 is 2.64 bits per heavy atom. The van der Waals surface area contributed by atoms with Crippen LogP contribution in [0.2, 0.25) is 0 Å². The van der Waals surface area contributed by atoms with Crippen LogP contribution in [0, 0.1) is 19.3 Å². The van der Waals surface area contributed by atoms with Crippen LogP contribution in [-0.2, 0) is 0 Å². The molecule has 74 valence electrons. The van der Waals surface area contributed by atoms with E-state index in [1.54, 1.807) is 0 Å². The first kappa shape index (κ1) is 9.25. The predicted molar refractivity (Wildman–Crippen MR) is 60.2 cm³/mol. The van der Waals surface area contributed by atoms with E-state index in [4.69, 9.17) is 5.41 Å². The molecule has 1 aromatic rings. The lowest BCUT2D eigenvalue weighted by molar-refractivity contribution is 0.954. The third kappa shape index (κ3) is 1.52. The second-order valence-corrected chi connectivity index (χ2v) is 3.99. The average molecular weight is 188 g/mol. The highest BCUT2D eigenvalue weighted by Crippen LogP contribution is 2.25. The summed E-state index contributed by atoms with van der Waals surface area (Å²) in [5.74, 6) is 0.761. The van der Waals surface area contributed by atoms with Crippen molar-refractivity contribution < 1.29 is 0 Å². The first-order valence-corrected chi connectivity index (χ1v) is 5.11. The molecule has 0 atom stereocenters. The summed E-state index contributed by atoms with van der Waals surface area (Å²) >= 11 is 0. The van der Waals surface area contributed by atoms with Gasteiger partial charge in [0, 0.05) is 18.7 Å². The highest BCUT2D eigenvalue weighted by atomic mass is 15.2. The Morgan fingerprint density at radius 2 is 2.07 bits per heavy atom. The predicted octanol–water partition coefficient (Wildman–Crippen LogP) is 2.88. The lowest BCUT2D eigenvalue weighted by atomic mass is 10.1. The molecule has 1 fully saturated rings. The smallest absolute Gasteiger partial charge is 0.100 e. The molecule has 0 bridgehead atoms. The Kier molecular flexibility index (Phi) is 2.28. The van der Waals surface area contributed by atoms with Gasteiger partial charge in [-0.05, 0) is 31.9 Å². The zero-order valence-electron chi connectivity index (χ0n) is 8.80. The Morgan fingerprint density at radius 1 is 1.29 bits per heavy atom. The van der Waals surface area contributed by atoms with E-state index in [2.05, 4.69) is 36.9 Å². The van der Waals surface area contributed by atoms with Gasteiger partial charge < -0.3 is 4.90 Å². The number of anilines is 1. The molecule has 1 aliphatic heterocycles. The maximum absolute atomic E-state index is 7.82. The molecule has 1 aromatic carbocycles. The highest BCUT2D eigenvalue weighted by molar-refractivity contribution is 5.98. The number of amidine groups is 1. The van der Waals surface area contributed by atoms with Crippen molar-refractivity contribution in [3.05, 3.63) is 29.3 Å². The van der Waals surface area contributed by atoms with E-state index in [1.165, 1.54) is 16.8 Å². The normalized spacial score (nSPS) is 16.4. The van der Waals surface area contributed by atoms with E-state index in [0.717, 1.165) is 25.2 Å². The highest BCUT2D eigenvalue weighted by Gasteiger charge is 2.19. The Hall–Kier alpha value is -1.31. The number of nitrogens with zero attached hydrogens (tertiary/aromatic N) is 1. The van der Waals surface area contributed by atoms with Crippen LogP contribution >= 0.6 is 0 Å². The van der Waals surface area contributed by atoms with Crippen molar-refractivity contribution >= 4 is 11.5 Å². The molecule has 1 aliphatic rings. The molecule has 2 nitrogen and oxygen atoms in total. The van der Waals surface area contributed by atoms with Crippen LogP contribution in [0.5, 0.6) is 0 Å². The van der Waals surface area contributed by atoms with E-state index in [9.17, 15) is 0 Å². The molecule has 0 spiro atoms. The van der Waals surface area contributed by atoms with Crippen LogP contribution in [-0.4, -0.2) is 12.4 Å². The largest absolute Gasteiger partial charge is 0.330 e. The molecule has 0 aromatic heterocycles. The van der Waals surface area contributed by atoms with E-state index in [-0.39, 0.29) is 0 Å². The van der Waals surface area contributed by atoms with Gasteiger partial charge in [-0.3, -0.25) is 5.41 Å². The van der Waals surface area contributed by atoms with Gasteiger partial charge >= 0.3 is 0 Å². The number of hydrogen-bond acceptors (Lipinski definition) is 1. The maximum atomic E-state index is 7.82. The molecule has 14 heavy (non-hydrogen) atoms. The Labute approximate surface area is 85.1 Å². The number of hydrogen-bond donors (Lipinski definition) is 1. The quantitative estimate of drug-likeness (QED) is 0.720. The SMILES string of the molecule is Cc1ccc(N2CCCC2=N)c(C)c1. The second kappa shape index (κ2) is 3.45. The van der Waals surface area contributed by atoms with E-state index in [1.807, 2.05) is 0 Å². The van der Waals surface area contributed by atoms with Gasteiger partial charge in [0.25, 0.3) is 0 Å². The van der Waals surface area contributed by atoms with Gasteiger partial charge in [-0.2, -0.15) is 0 Å². The molecular weight excluding hydrogens is 172 g/mol. The van der Waals surface area contributed by atoms with E-state index >= 15 is 0 Å². The Bertz CT molecular complexity index is 369. The van der Waals surface area contributed by atoms with Gasteiger partial charge in [-0.1, -0.05) is 17.7 Å². The van der Waals surface area contributed by atoms with Crippen LogP contribution in [0.3, 0.4) is 0 Å². The standard InChI is InChI=1S/C12H16N2/c1-9-5-6-11(10(2)8-9)14-7-3-4-12(14)13/h5-6,8,13H,3-4,7H2,1-2H3. The van der Waals surface area contributed by atoms with Gasteiger partial charge in [-0.15, -0.1) is 0 Å². The fourth-order valence-corrected chi connectivity index (χ4v) is 2.05. The summed E-state index contributed by atoms with van der Waals surface area (Å²) in [4.78, 5) is 2.12. The zero-order valence-corrected chi connectivity index (χ0v) is 8.80. The second-order valence-electron chi connectivity index (χ2n) is 3.99. The minimum Gasteiger partial charge on any atom is -0.330 e. The first-order valence-electron chi connectivity index (χ1n) is 5.11. The average Bonchev–Trinajstić information content (AvgIpc) is 2.52. The number of benzene rings is 1. The van der Waals surface area contributed by atoms with Crippen LogP contribution in [0.4, 0.5) is 5.69 Å². The molecular formula is C12H16N2. The fourth-order valence-electron chi connectivity index (χ4n) is 2.05. The topological polar surface area (TPSA) is 27.1 Å². The molecule has 1 saturated heterocycles. The zero-order chi connectivity index (χ0) is 10.1. The lowest BCUT2D eigenvalue weighted by Crippen LogP contribution is -2.23. The number of nitrogens with one attached hydrogen (secondary N) is 1. The molecule has 1 N–H and O–H groups in total. The van der Waals surface area contributed by atoms with Crippen molar-refractivity contribution in [2.45, 2.75) is 26.7 Å². The summed E-state index contributed by atoms with van der Waals surface area (Å²) in [5, 5.41) is 7.82. The Balaban J connectivity index is 2.36. The van der Waals surface area contributed by atoms with Gasteiger partial charge in [0.2, 0.25) is 0 Å². The summed E-state index contributed by atoms with van der Waals surface area (Å²) in [5.41, 5.74) is 3.77. The minimum atomic E-state index is 0.761. The third-order valence-electron chi connectivity index (χ3n) is 2.76. The summed E-state index contributed by atoms with van der Waals surface area (Å²) in [6, 6.07) is 6.43. The summed E-state index contributed by atoms with van der Waals surface area (Å²) in [6.07, 6.45) is 2.04. The molecule has 1 heterocycles. The van der Waals surface area contributed by atoms with E-state index in [0.29, 0.717) is 0 Å². The molecule has 0 saturated carbocycles. The van der Waals surface area contributed by atoms with Crippen molar-refractivity contribution in [3.63, 3.8) is 0 Å². The summed E-state index contributed by atoms with van der Waals surface area (Å²) in [6.45, 7) is 5.22. The van der Waals surface area contributed by atoms with Crippen LogP contribution in [0.1, 0.15) is 24.0 Å². The fraction of sp³-hybridized carbons (Fsp3) is 0.417. The van der Waals surface area contributed by atoms with Gasteiger partial charge in [0.05, 0.1) is 0 Å². The van der Waals surface area contributed by atoms with Gasteiger partial charge in [0.15, 0.2) is 0 Å². The molecule has 0 radical (unpaired) electrons. The van der Waals surface area contributed by atoms with Gasteiger partial charge in [-0.25, -0.2) is 0 Å². The van der Waals surface area contributed by atoms with Crippen molar-refractivity contribution in [3.8, 4) is 0 Å². The molecule has 2 heteroatoms. The van der Waals surface area contributed by atoms with E-state index < -0.39 is 0 Å². The van der Waals surface area contributed by atoms with Crippen molar-refractivity contribution in [2.75, 3.05) is 11.4 Å². The molecule has 0 amide bonds. The van der Waals surface area contributed by atoms with Crippen LogP contribution in [0.15, 0.2) is 18.2 Å². The van der Waals surface area contributed by atoms with Gasteiger partial charge in [0.1, 0.15) is 5.84 Å². The van der Waals surface area contributed by atoms with Crippen LogP contribution in [0.25, 0.3) is 0 Å². The monoisotopic (exact) mass is 188 g/mol. The molecule has 2 rings (SSSR count). The molecule has 0 unspecified atom stereocenters. The van der Waals surface area contributed by atoms with Crippen LogP contribution < -0.4 is 4.90 Å². The maximum Gasteiger partial charge on any atom is 0.100 e. The minimum absolute atomic E-state index is 0.761. The molecule has 0 aliphatic carbocycles. The summed E-state index contributed by atoms with van der Waals surface area (Å²) < 4.78 is 0. The van der Waals surface area contributed by atoms with Crippen molar-refractivity contribution in [2.24, 2.45) is 0 Å².